The standard InChI is InChI=1S/C15H15BrN2O2/c1-9-3-6-14(20-2)13(7-9)18-15(19)11-5-4-10(16)8-12(11)17/h3-8H,17H2,1-2H3,(H,18,19). The van der Waals surface area contributed by atoms with Gasteiger partial charge in [0, 0.05) is 10.2 Å². The van der Waals surface area contributed by atoms with E-state index >= 15 is 0 Å². The van der Waals surface area contributed by atoms with Crippen molar-refractivity contribution in [2.75, 3.05) is 18.2 Å². The van der Waals surface area contributed by atoms with Gasteiger partial charge in [-0.25, -0.2) is 0 Å². The molecule has 0 atom stereocenters. The predicted octanol–water partition coefficient (Wildman–Crippen LogP) is 3.60. The van der Waals surface area contributed by atoms with Gasteiger partial charge in [0.25, 0.3) is 5.91 Å². The first-order valence-electron chi connectivity index (χ1n) is 6.02. The predicted molar refractivity (Wildman–Crippen MR) is 84.2 cm³/mol. The third-order valence-electron chi connectivity index (χ3n) is 2.86. The monoisotopic (exact) mass is 334 g/mol. The van der Waals surface area contributed by atoms with Gasteiger partial charge in [-0.2, -0.15) is 0 Å². The summed E-state index contributed by atoms with van der Waals surface area (Å²) in [7, 11) is 1.56. The molecule has 0 aliphatic carbocycles. The van der Waals surface area contributed by atoms with Crippen LogP contribution in [-0.2, 0) is 0 Å². The van der Waals surface area contributed by atoms with Gasteiger partial charge in [-0.15, -0.1) is 0 Å². The van der Waals surface area contributed by atoms with Crippen LogP contribution in [-0.4, -0.2) is 13.0 Å². The van der Waals surface area contributed by atoms with Gasteiger partial charge in [-0.05, 0) is 42.8 Å². The highest BCUT2D eigenvalue weighted by Crippen LogP contribution is 2.27. The largest absolute Gasteiger partial charge is 0.495 e. The van der Waals surface area contributed by atoms with Crippen LogP contribution in [0.1, 0.15) is 15.9 Å². The van der Waals surface area contributed by atoms with Crippen LogP contribution >= 0.6 is 15.9 Å². The first kappa shape index (κ1) is 14.4. The Kier molecular flexibility index (Phi) is 4.29. The van der Waals surface area contributed by atoms with E-state index in [0.717, 1.165) is 10.0 Å². The molecule has 0 saturated carbocycles. The van der Waals surface area contributed by atoms with Crippen molar-refractivity contribution in [1.82, 2.24) is 0 Å². The smallest absolute Gasteiger partial charge is 0.257 e. The van der Waals surface area contributed by atoms with Gasteiger partial charge in [0.05, 0.1) is 18.4 Å². The quantitative estimate of drug-likeness (QED) is 0.843. The average molecular weight is 335 g/mol. The number of hydrogen-bond donors (Lipinski definition) is 2. The molecule has 0 heterocycles. The zero-order valence-electron chi connectivity index (χ0n) is 11.2. The third-order valence-corrected chi connectivity index (χ3v) is 3.35. The van der Waals surface area contributed by atoms with E-state index in [9.17, 15) is 4.79 Å². The minimum absolute atomic E-state index is 0.265. The lowest BCUT2D eigenvalue weighted by Gasteiger charge is -2.12. The van der Waals surface area contributed by atoms with Gasteiger partial charge >= 0.3 is 0 Å². The second-order valence-electron chi connectivity index (χ2n) is 4.39. The van der Waals surface area contributed by atoms with Gasteiger partial charge in [-0.3, -0.25) is 4.79 Å². The number of hydrogen-bond acceptors (Lipinski definition) is 3. The number of carbonyl (C=O) groups excluding carboxylic acids is 1. The number of anilines is 2. The van der Waals surface area contributed by atoms with Gasteiger partial charge in [-0.1, -0.05) is 22.0 Å². The van der Waals surface area contributed by atoms with E-state index < -0.39 is 0 Å². The lowest BCUT2D eigenvalue weighted by atomic mass is 10.1. The maximum atomic E-state index is 12.3. The van der Waals surface area contributed by atoms with Crippen LogP contribution < -0.4 is 15.8 Å². The fraction of sp³-hybridized carbons (Fsp3) is 0.133. The molecular formula is C15H15BrN2O2. The number of halogens is 1. The van der Waals surface area contributed by atoms with Crippen LogP contribution in [0.15, 0.2) is 40.9 Å². The zero-order chi connectivity index (χ0) is 14.7. The van der Waals surface area contributed by atoms with E-state index in [1.807, 2.05) is 25.1 Å². The second-order valence-corrected chi connectivity index (χ2v) is 5.31. The van der Waals surface area contributed by atoms with Crippen molar-refractivity contribution in [2.24, 2.45) is 0 Å². The molecule has 0 fully saturated rings. The molecule has 0 aliphatic rings. The molecule has 0 aliphatic heterocycles. The highest BCUT2D eigenvalue weighted by molar-refractivity contribution is 9.10. The highest BCUT2D eigenvalue weighted by atomic mass is 79.9. The topological polar surface area (TPSA) is 64.3 Å². The Bertz CT molecular complexity index is 656. The summed E-state index contributed by atoms with van der Waals surface area (Å²) < 4.78 is 6.07. The summed E-state index contributed by atoms with van der Waals surface area (Å²) in [5.41, 5.74) is 8.36. The number of amides is 1. The number of nitrogen functional groups attached to an aromatic ring is 1. The lowest BCUT2D eigenvalue weighted by molar-refractivity contribution is 0.102. The molecule has 0 aromatic heterocycles. The Morgan fingerprint density at radius 2 is 2.00 bits per heavy atom. The number of nitrogens with two attached hydrogens (primary N) is 1. The average Bonchev–Trinajstić information content (AvgIpc) is 2.38. The maximum absolute atomic E-state index is 12.3. The molecule has 2 rings (SSSR count). The Morgan fingerprint density at radius 3 is 2.65 bits per heavy atom. The molecule has 0 radical (unpaired) electrons. The van der Waals surface area contributed by atoms with Crippen LogP contribution in [0.2, 0.25) is 0 Å². The first-order valence-corrected chi connectivity index (χ1v) is 6.81. The van der Waals surface area contributed by atoms with Gasteiger partial charge in [0.2, 0.25) is 0 Å². The van der Waals surface area contributed by atoms with E-state index in [1.165, 1.54) is 0 Å². The summed E-state index contributed by atoms with van der Waals surface area (Å²) in [6, 6.07) is 10.7. The van der Waals surface area contributed by atoms with Gasteiger partial charge in [0.1, 0.15) is 5.75 Å². The first-order chi connectivity index (χ1) is 9.51. The minimum Gasteiger partial charge on any atom is -0.495 e. The van der Waals surface area contributed by atoms with E-state index in [-0.39, 0.29) is 5.91 Å². The Balaban J connectivity index is 2.30. The number of methoxy groups -OCH3 is 1. The van der Waals surface area contributed by atoms with Gasteiger partial charge in [0.15, 0.2) is 0 Å². The van der Waals surface area contributed by atoms with Crippen LogP contribution in [0.25, 0.3) is 0 Å². The van der Waals surface area contributed by atoms with Crippen molar-refractivity contribution < 1.29 is 9.53 Å². The number of rotatable bonds is 3. The number of carbonyl (C=O) groups is 1. The summed E-state index contributed by atoms with van der Waals surface area (Å²) in [6.07, 6.45) is 0. The number of ether oxygens (including phenoxy) is 1. The number of nitrogens with one attached hydrogen (secondary N) is 1. The molecule has 0 bridgehead atoms. The molecule has 20 heavy (non-hydrogen) atoms. The second kappa shape index (κ2) is 5.96. The van der Waals surface area contributed by atoms with E-state index in [2.05, 4.69) is 21.2 Å². The molecule has 3 N–H and O–H groups in total. The molecule has 5 heteroatoms. The molecule has 104 valence electrons. The summed E-state index contributed by atoms with van der Waals surface area (Å²) in [5.74, 6) is 0.346. The van der Waals surface area contributed by atoms with E-state index in [4.69, 9.17) is 10.5 Å². The fourth-order valence-corrected chi connectivity index (χ4v) is 2.23. The maximum Gasteiger partial charge on any atom is 0.257 e. The van der Waals surface area contributed by atoms with Crippen LogP contribution in [0.3, 0.4) is 0 Å². The summed E-state index contributed by atoms with van der Waals surface area (Å²) in [6.45, 7) is 1.95. The van der Waals surface area contributed by atoms with Crippen LogP contribution in [0, 0.1) is 6.92 Å². The van der Waals surface area contributed by atoms with E-state index in [0.29, 0.717) is 22.7 Å². The third kappa shape index (κ3) is 3.11. The summed E-state index contributed by atoms with van der Waals surface area (Å²) in [4.78, 5) is 12.3. The molecule has 0 unspecified atom stereocenters. The minimum atomic E-state index is -0.265. The zero-order valence-corrected chi connectivity index (χ0v) is 12.8. The molecule has 0 saturated heterocycles. The normalized spacial score (nSPS) is 10.2. The van der Waals surface area contributed by atoms with Crippen molar-refractivity contribution in [3.63, 3.8) is 0 Å². The van der Waals surface area contributed by atoms with Crippen molar-refractivity contribution in [3.05, 3.63) is 52.0 Å². The molecule has 2 aromatic carbocycles. The number of benzene rings is 2. The highest BCUT2D eigenvalue weighted by Gasteiger charge is 2.12. The van der Waals surface area contributed by atoms with Gasteiger partial charge < -0.3 is 15.8 Å². The lowest BCUT2D eigenvalue weighted by Crippen LogP contribution is -2.14. The number of aryl methyl sites for hydroxylation is 1. The molecular weight excluding hydrogens is 320 g/mol. The van der Waals surface area contributed by atoms with Crippen LogP contribution in [0.4, 0.5) is 11.4 Å². The SMILES string of the molecule is COc1ccc(C)cc1NC(=O)c1ccc(Br)cc1N. The Morgan fingerprint density at radius 1 is 1.25 bits per heavy atom. The van der Waals surface area contributed by atoms with Crippen molar-refractivity contribution in [3.8, 4) is 5.75 Å². The molecule has 0 spiro atoms. The summed E-state index contributed by atoms with van der Waals surface area (Å²) >= 11 is 3.31. The molecule has 2 aromatic rings. The van der Waals surface area contributed by atoms with E-state index in [1.54, 1.807) is 25.3 Å². The van der Waals surface area contributed by atoms with Crippen molar-refractivity contribution in [1.29, 1.82) is 0 Å². The Labute approximate surface area is 126 Å². The van der Waals surface area contributed by atoms with Crippen molar-refractivity contribution >= 4 is 33.2 Å². The van der Waals surface area contributed by atoms with Crippen molar-refractivity contribution in [2.45, 2.75) is 6.92 Å². The van der Waals surface area contributed by atoms with Crippen LogP contribution in [0.5, 0.6) is 5.75 Å². The molecule has 1 amide bonds. The molecule has 4 nitrogen and oxygen atoms in total. The summed E-state index contributed by atoms with van der Waals surface area (Å²) in [5, 5.41) is 2.82. The fourth-order valence-electron chi connectivity index (χ4n) is 1.85. The Hall–Kier alpha value is -2.01.